The molecule has 1 N–H and O–H groups in total. The van der Waals surface area contributed by atoms with E-state index in [1.807, 2.05) is 4.90 Å². The Kier molecular flexibility index (Phi) is 9.94. The first-order valence-corrected chi connectivity index (χ1v) is 11.0. The number of urea groups is 1. The molecule has 9 nitrogen and oxygen atoms in total. The smallest absolute Gasteiger partial charge is 0.329 e. The number of nitrogens with zero attached hydrogens (tertiary/aromatic N) is 5. The Balaban J connectivity index is 0.00000181. The van der Waals surface area contributed by atoms with Gasteiger partial charge >= 0.3 is 12.0 Å². The molecule has 3 heterocycles. The predicted octanol–water partition coefficient (Wildman–Crippen LogP) is 2.40. The third-order valence-corrected chi connectivity index (χ3v) is 6.54. The highest BCUT2D eigenvalue weighted by atomic mass is 35.5. The van der Waals surface area contributed by atoms with E-state index in [4.69, 9.17) is 14.8 Å². The highest BCUT2D eigenvalue weighted by Gasteiger charge is 2.37. The van der Waals surface area contributed by atoms with Gasteiger partial charge in [0.15, 0.2) is 5.82 Å². The molecule has 2 amide bonds. The lowest BCUT2D eigenvalue weighted by Crippen LogP contribution is -2.42. The molecule has 0 spiro atoms. The Labute approximate surface area is 201 Å². The second-order valence-corrected chi connectivity index (χ2v) is 8.32. The molecule has 1 saturated heterocycles. The van der Waals surface area contributed by atoms with Crippen molar-refractivity contribution in [1.29, 1.82) is 0 Å². The summed E-state index contributed by atoms with van der Waals surface area (Å²) < 4.78 is 5.42. The minimum Gasteiger partial charge on any atom is -0.480 e. The molecule has 32 heavy (non-hydrogen) atoms. The largest absolute Gasteiger partial charge is 0.480 e. The first kappa shape index (κ1) is 26.6. The Morgan fingerprint density at radius 2 is 1.78 bits per heavy atom. The van der Waals surface area contributed by atoms with Gasteiger partial charge in [0.05, 0.1) is 23.7 Å². The van der Waals surface area contributed by atoms with Crippen LogP contribution in [0.3, 0.4) is 0 Å². The van der Waals surface area contributed by atoms with E-state index in [-0.39, 0.29) is 49.6 Å². The monoisotopic (exact) mass is 489 g/mol. The molecule has 0 unspecified atom stereocenters. The molecule has 1 aromatic rings. The van der Waals surface area contributed by atoms with Crippen LogP contribution >= 0.6 is 24.8 Å². The van der Waals surface area contributed by atoms with Gasteiger partial charge in [0.25, 0.3) is 0 Å². The number of amides is 2. The SMILES string of the molecule is CCN1CCc2ncc(N3CCN(C4CCC(OCC(=O)O)CC4)C3=O)nc2CC1.Cl.Cl. The molecular weight excluding hydrogens is 457 g/mol. The third-order valence-electron chi connectivity index (χ3n) is 6.54. The van der Waals surface area contributed by atoms with Crippen LogP contribution in [0.15, 0.2) is 6.20 Å². The second-order valence-electron chi connectivity index (χ2n) is 8.32. The number of carbonyl (C=O) groups is 2. The minimum atomic E-state index is -0.938. The number of carbonyl (C=O) groups excluding carboxylic acids is 1. The van der Waals surface area contributed by atoms with Crippen molar-refractivity contribution in [2.24, 2.45) is 0 Å². The number of ether oxygens (including phenoxy) is 1. The van der Waals surface area contributed by atoms with E-state index in [2.05, 4.69) is 16.8 Å². The van der Waals surface area contributed by atoms with Gasteiger partial charge in [-0.25, -0.2) is 14.6 Å². The maximum Gasteiger partial charge on any atom is 0.329 e. The number of carboxylic acids is 1. The summed E-state index contributed by atoms with van der Waals surface area (Å²) in [6.45, 7) is 6.26. The lowest BCUT2D eigenvalue weighted by molar-refractivity contribution is -0.145. The molecule has 0 aromatic carbocycles. The van der Waals surface area contributed by atoms with E-state index in [1.165, 1.54) is 0 Å². The molecule has 0 atom stereocenters. The van der Waals surface area contributed by atoms with Crippen LogP contribution in [0.1, 0.15) is 44.0 Å². The van der Waals surface area contributed by atoms with E-state index in [0.29, 0.717) is 18.9 Å². The summed E-state index contributed by atoms with van der Waals surface area (Å²) >= 11 is 0. The zero-order valence-electron chi connectivity index (χ0n) is 18.4. The number of hydrogen-bond donors (Lipinski definition) is 1. The van der Waals surface area contributed by atoms with E-state index in [1.54, 1.807) is 11.1 Å². The molecule has 4 rings (SSSR count). The molecule has 3 aliphatic rings. The van der Waals surface area contributed by atoms with Crippen molar-refractivity contribution in [3.63, 3.8) is 0 Å². The summed E-state index contributed by atoms with van der Waals surface area (Å²) in [5.41, 5.74) is 2.07. The Morgan fingerprint density at radius 3 is 2.44 bits per heavy atom. The Bertz CT molecular complexity index is 791. The molecule has 2 fully saturated rings. The van der Waals surface area contributed by atoms with Crippen LogP contribution in [0, 0.1) is 0 Å². The standard InChI is InChI=1S/C21H31N5O4.2ClH/c1-2-24-9-7-17-18(8-10-24)23-19(13-22-17)26-12-11-25(21(26)29)15-3-5-16(6-4-15)30-14-20(27)28;;/h13,15-16H,2-12,14H2,1H3,(H,27,28);2*1H. The van der Waals surface area contributed by atoms with Crippen molar-refractivity contribution >= 4 is 42.6 Å². The quantitative estimate of drug-likeness (QED) is 0.654. The number of hydrogen-bond acceptors (Lipinski definition) is 6. The Hall–Kier alpha value is -1.68. The topological polar surface area (TPSA) is 99.1 Å². The zero-order valence-corrected chi connectivity index (χ0v) is 20.1. The number of carboxylic acid groups (broad SMARTS) is 1. The number of likely N-dealkylation sites (N-methyl/N-ethyl adjacent to an activating group) is 1. The van der Waals surface area contributed by atoms with Crippen molar-refractivity contribution < 1.29 is 19.4 Å². The second kappa shape index (κ2) is 12.0. The molecule has 0 bridgehead atoms. The fourth-order valence-corrected chi connectivity index (χ4v) is 4.76. The summed E-state index contributed by atoms with van der Waals surface area (Å²) in [5.74, 6) is -0.281. The zero-order chi connectivity index (χ0) is 21.1. The molecule has 1 aliphatic carbocycles. The van der Waals surface area contributed by atoms with Gasteiger partial charge < -0.3 is 19.6 Å². The van der Waals surface area contributed by atoms with Crippen LogP contribution in [0.4, 0.5) is 10.6 Å². The van der Waals surface area contributed by atoms with E-state index in [0.717, 1.165) is 69.5 Å². The van der Waals surface area contributed by atoms with Crippen LogP contribution in [-0.4, -0.2) is 88.4 Å². The Morgan fingerprint density at radius 1 is 1.09 bits per heavy atom. The van der Waals surface area contributed by atoms with Gasteiger partial charge in [-0.2, -0.15) is 0 Å². The number of fused-ring (bicyclic) bond motifs is 1. The molecular formula is C21H33Cl2N5O4. The summed E-state index contributed by atoms with van der Waals surface area (Å²) in [7, 11) is 0. The van der Waals surface area contributed by atoms with Gasteiger partial charge in [0, 0.05) is 45.1 Å². The average Bonchev–Trinajstić information content (AvgIpc) is 3.01. The number of aliphatic carboxylic acids is 1. The summed E-state index contributed by atoms with van der Waals surface area (Å²) in [4.78, 5) is 39.3. The predicted molar refractivity (Wildman–Crippen MR) is 125 cm³/mol. The van der Waals surface area contributed by atoms with Gasteiger partial charge in [-0.15, -0.1) is 24.8 Å². The maximum atomic E-state index is 13.1. The molecule has 1 aromatic heterocycles. The highest BCUT2D eigenvalue weighted by Crippen LogP contribution is 2.29. The summed E-state index contributed by atoms with van der Waals surface area (Å²) in [6, 6.07) is 0.182. The van der Waals surface area contributed by atoms with Crippen LogP contribution in [0.5, 0.6) is 0 Å². The number of anilines is 1. The average molecular weight is 490 g/mol. The van der Waals surface area contributed by atoms with Crippen molar-refractivity contribution in [3.8, 4) is 0 Å². The molecule has 2 aliphatic heterocycles. The van der Waals surface area contributed by atoms with Crippen molar-refractivity contribution in [3.05, 3.63) is 17.6 Å². The van der Waals surface area contributed by atoms with Gasteiger partial charge in [-0.1, -0.05) is 6.92 Å². The molecule has 180 valence electrons. The minimum absolute atomic E-state index is 0. The van der Waals surface area contributed by atoms with Gasteiger partial charge in [-0.3, -0.25) is 9.88 Å². The lowest BCUT2D eigenvalue weighted by atomic mass is 9.92. The summed E-state index contributed by atoms with van der Waals surface area (Å²) in [6.07, 6.45) is 6.75. The fraction of sp³-hybridized carbons (Fsp3) is 0.714. The number of rotatable bonds is 6. The fourth-order valence-electron chi connectivity index (χ4n) is 4.76. The van der Waals surface area contributed by atoms with Crippen molar-refractivity contribution in [2.45, 2.75) is 57.6 Å². The first-order chi connectivity index (χ1) is 14.5. The van der Waals surface area contributed by atoms with E-state index >= 15 is 0 Å². The highest BCUT2D eigenvalue weighted by molar-refractivity contribution is 5.93. The first-order valence-electron chi connectivity index (χ1n) is 11.0. The van der Waals surface area contributed by atoms with Crippen molar-refractivity contribution in [1.82, 2.24) is 19.8 Å². The number of halogens is 2. The molecule has 11 heteroatoms. The van der Waals surface area contributed by atoms with Crippen LogP contribution in [-0.2, 0) is 22.4 Å². The van der Waals surface area contributed by atoms with Gasteiger partial charge in [0.2, 0.25) is 0 Å². The maximum absolute atomic E-state index is 13.1. The normalized spacial score (nSPS) is 23.7. The van der Waals surface area contributed by atoms with Crippen LogP contribution in [0.25, 0.3) is 0 Å². The van der Waals surface area contributed by atoms with E-state index < -0.39 is 5.97 Å². The lowest BCUT2D eigenvalue weighted by Gasteiger charge is -2.34. The van der Waals surface area contributed by atoms with Crippen LogP contribution < -0.4 is 4.90 Å². The van der Waals surface area contributed by atoms with E-state index in [9.17, 15) is 9.59 Å². The van der Waals surface area contributed by atoms with Gasteiger partial charge in [-0.05, 0) is 32.2 Å². The van der Waals surface area contributed by atoms with Gasteiger partial charge in [0.1, 0.15) is 6.61 Å². The third kappa shape index (κ3) is 6.01. The van der Waals surface area contributed by atoms with Crippen LogP contribution in [0.2, 0.25) is 0 Å². The molecule has 0 radical (unpaired) electrons. The summed E-state index contributed by atoms with van der Waals surface area (Å²) in [5, 5.41) is 8.76. The molecule has 1 saturated carbocycles. The van der Waals surface area contributed by atoms with Crippen molar-refractivity contribution in [2.75, 3.05) is 44.2 Å². The number of aromatic nitrogens is 2.